The first-order valence-electron chi connectivity index (χ1n) is 12.7. The molecule has 0 heterocycles. The fourth-order valence-corrected chi connectivity index (χ4v) is 5.93. The van der Waals surface area contributed by atoms with E-state index in [0.717, 1.165) is 30.2 Å². The number of hydrogen-bond donors (Lipinski definition) is 0. The van der Waals surface area contributed by atoms with Crippen molar-refractivity contribution >= 4 is 0 Å². The van der Waals surface area contributed by atoms with Gasteiger partial charge in [0.2, 0.25) is 0 Å². The van der Waals surface area contributed by atoms with Gasteiger partial charge in [0.25, 0.3) is 0 Å². The van der Waals surface area contributed by atoms with Crippen molar-refractivity contribution in [3.8, 4) is 0 Å². The van der Waals surface area contributed by atoms with Crippen LogP contribution in [0, 0.1) is 17.6 Å². The Morgan fingerprint density at radius 3 is 2.13 bits per heavy atom. The molecule has 2 aliphatic carbocycles. The van der Waals surface area contributed by atoms with E-state index in [2.05, 4.69) is 31.2 Å². The van der Waals surface area contributed by atoms with E-state index in [1.165, 1.54) is 81.4 Å². The first-order valence-corrected chi connectivity index (χ1v) is 12.7. The molecule has 0 radical (unpaired) electrons. The molecule has 31 heavy (non-hydrogen) atoms. The lowest BCUT2D eigenvalue weighted by molar-refractivity contribution is 0.302. The molecule has 0 nitrogen and oxygen atoms in total. The molecule has 4 rings (SSSR count). The first kappa shape index (κ1) is 22.5. The van der Waals surface area contributed by atoms with Gasteiger partial charge in [-0.15, -0.1) is 0 Å². The third-order valence-corrected chi connectivity index (χ3v) is 7.94. The smallest absolute Gasteiger partial charge is 0.162 e. The fraction of sp³-hybridized carbons (Fsp3) is 0.586. The Kier molecular flexibility index (Phi) is 7.80. The summed E-state index contributed by atoms with van der Waals surface area (Å²) in [5, 5.41) is 0. The second kappa shape index (κ2) is 10.7. The van der Waals surface area contributed by atoms with Crippen molar-refractivity contribution in [2.45, 2.75) is 102 Å². The van der Waals surface area contributed by atoms with E-state index in [9.17, 15) is 8.78 Å². The van der Waals surface area contributed by atoms with Crippen LogP contribution < -0.4 is 0 Å². The minimum atomic E-state index is -0.715. The molecule has 1 fully saturated rings. The molecule has 2 heteroatoms. The molecule has 1 saturated carbocycles. The Bertz CT molecular complexity index is 831. The van der Waals surface area contributed by atoms with Crippen LogP contribution in [0.4, 0.5) is 8.78 Å². The van der Waals surface area contributed by atoms with Crippen LogP contribution >= 0.6 is 0 Å². The van der Waals surface area contributed by atoms with Crippen molar-refractivity contribution in [3.63, 3.8) is 0 Å². The lowest BCUT2D eigenvalue weighted by atomic mass is 9.76. The van der Waals surface area contributed by atoms with Crippen molar-refractivity contribution in [2.24, 2.45) is 5.92 Å². The predicted octanol–water partition coefficient (Wildman–Crippen LogP) is 8.87. The highest BCUT2D eigenvalue weighted by Gasteiger charge is 2.25. The van der Waals surface area contributed by atoms with E-state index < -0.39 is 11.6 Å². The van der Waals surface area contributed by atoms with Gasteiger partial charge in [0, 0.05) is 0 Å². The molecule has 0 N–H and O–H groups in total. The summed E-state index contributed by atoms with van der Waals surface area (Å²) in [7, 11) is 0. The van der Waals surface area contributed by atoms with Crippen LogP contribution in [-0.2, 0) is 12.8 Å². The number of halogens is 2. The summed E-state index contributed by atoms with van der Waals surface area (Å²) in [6.07, 6.45) is 16.2. The van der Waals surface area contributed by atoms with Gasteiger partial charge in [-0.05, 0) is 91.0 Å². The molecule has 168 valence electrons. The number of unbranched alkanes of at least 4 members (excludes halogenated alkanes) is 4. The van der Waals surface area contributed by atoms with Gasteiger partial charge in [0.1, 0.15) is 0 Å². The molecule has 2 aromatic carbocycles. The fourth-order valence-electron chi connectivity index (χ4n) is 5.93. The second-order valence-electron chi connectivity index (χ2n) is 10.0. The SMILES string of the molecule is CCCCCCCC1CCC(c2ccc(C3CCc4c(ccc(F)c4F)C3)cc2)CC1. The standard InChI is InChI=1S/C29H38F2/c1-2-3-4-5-6-7-21-8-10-22(11-9-21)23-12-14-24(15-13-23)25-16-18-27-26(20-25)17-19-28(30)29(27)31/h12-15,17,19,21-22,25H,2-11,16,18,20H2,1H3. The van der Waals surface area contributed by atoms with Gasteiger partial charge in [0.05, 0.1) is 0 Å². The van der Waals surface area contributed by atoms with Crippen LogP contribution in [0.1, 0.15) is 112 Å². The molecule has 2 aliphatic rings. The number of hydrogen-bond acceptors (Lipinski definition) is 0. The van der Waals surface area contributed by atoms with Gasteiger partial charge in [-0.3, -0.25) is 0 Å². The lowest BCUT2D eigenvalue weighted by Gasteiger charge is -2.29. The maximum Gasteiger partial charge on any atom is 0.162 e. The maximum absolute atomic E-state index is 14.0. The van der Waals surface area contributed by atoms with Gasteiger partial charge in [0.15, 0.2) is 11.6 Å². The molecule has 0 spiro atoms. The molecule has 0 amide bonds. The van der Waals surface area contributed by atoms with E-state index in [4.69, 9.17) is 0 Å². The second-order valence-corrected chi connectivity index (χ2v) is 10.0. The summed E-state index contributed by atoms with van der Waals surface area (Å²) < 4.78 is 27.5. The number of rotatable bonds is 8. The van der Waals surface area contributed by atoms with E-state index in [-0.39, 0.29) is 0 Å². The van der Waals surface area contributed by atoms with Gasteiger partial charge in [-0.1, -0.05) is 75.8 Å². The summed E-state index contributed by atoms with van der Waals surface area (Å²) in [6.45, 7) is 2.28. The molecule has 0 saturated heterocycles. The Labute approximate surface area is 187 Å². The maximum atomic E-state index is 14.0. The molecule has 1 atom stereocenters. The molecule has 0 aliphatic heterocycles. The summed E-state index contributed by atoms with van der Waals surface area (Å²) in [6, 6.07) is 12.3. The number of fused-ring (bicyclic) bond motifs is 1. The average molecular weight is 425 g/mol. The molecule has 0 bridgehead atoms. The monoisotopic (exact) mass is 424 g/mol. The summed E-state index contributed by atoms with van der Waals surface area (Å²) >= 11 is 0. The highest BCUT2D eigenvalue weighted by molar-refractivity contribution is 5.36. The first-order chi connectivity index (χ1) is 15.2. The largest absolute Gasteiger partial charge is 0.204 e. The third kappa shape index (κ3) is 5.57. The molecule has 2 aromatic rings. The van der Waals surface area contributed by atoms with Gasteiger partial charge in [-0.2, -0.15) is 0 Å². The molecular weight excluding hydrogens is 386 g/mol. The van der Waals surface area contributed by atoms with Gasteiger partial charge >= 0.3 is 0 Å². The third-order valence-electron chi connectivity index (χ3n) is 7.94. The Hall–Kier alpha value is -1.70. The summed E-state index contributed by atoms with van der Waals surface area (Å²) in [5.41, 5.74) is 4.41. The molecule has 0 aromatic heterocycles. The molecular formula is C29H38F2. The Morgan fingerprint density at radius 1 is 0.742 bits per heavy atom. The zero-order chi connectivity index (χ0) is 21.6. The summed E-state index contributed by atoms with van der Waals surface area (Å²) in [5.74, 6) is 0.727. The topological polar surface area (TPSA) is 0 Å². The minimum absolute atomic E-state index is 0.412. The zero-order valence-corrected chi connectivity index (χ0v) is 19.1. The normalized spacial score (nSPS) is 23.5. The van der Waals surface area contributed by atoms with E-state index in [1.807, 2.05) is 0 Å². The Morgan fingerprint density at radius 2 is 1.42 bits per heavy atom. The van der Waals surface area contributed by atoms with Crippen molar-refractivity contribution in [3.05, 3.63) is 70.3 Å². The van der Waals surface area contributed by atoms with Crippen molar-refractivity contribution in [1.29, 1.82) is 0 Å². The zero-order valence-electron chi connectivity index (χ0n) is 19.1. The van der Waals surface area contributed by atoms with Crippen LogP contribution in [-0.4, -0.2) is 0 Å². The van der Waals surface area contributed by atoms with Crippen LogP contribution in [0.5, 0.6) is 0 Å². The van der Waals surface area contributed by atoms with E-state index in [0.29, 0.717) is 17.9 Å². The van der Waals surface area contributed by atoms with Crippen LogP contribution in [0.2, 0.25) is 0 Å². The average Bonchev–Trinajstić information content (AvgIpc) is 2.82. The Balaban J connectivity index is 1.28. The lowest BCUT2D eigenvalue weighted by Crippen LogP contribution is -2.15. The number of benzene rings is 2. The highest BCUT2D eigenvalue weighted by atomic mass is 19.2. The highest BCUT2D eigenvalue weighted by Crippen LogP contribution is 2.39. The van der Waals surface area contributed by atoms with Crippen molar-refractivity contribution in [1.82, 2.24) is 0 Å². The van der Waals surface area contributed by atoms with Crippen LogP contribution in [0.15, 0.2) is 36.4 Å². The van der Waals surface area contributed by atoms with Crippen molar-refractivity contribution < 1.29 is 8.78 Å². The van der Waals surface area contributed by atoms with Gasteiger partial charge < -0.3 is 0 Å². The predicted molar refractivity (Wildman–Crippen MR) is 126 cm³/mol. The van der Waals surface area contributed by atoms with Crippen molar-refractivity contribution in [2.75, 3.05) is 0 Å². The summed E-state index contributed by atoms with van der Waals surface area (Å²) in [4.78, 5) is 0. The van der Waals surface area contributed by atoms with E-state index >= 15 is 0 Å². The van der Waals surface area contributed by atoms with Crippen LogP contribution in [0.3, 0.4) is 0 Å². The minimum Gasteiger partial charge on any atom is -0.204 e. The van der Waals surface area contributed by atoms with E-state index in [1.54, 1.807) is 6.07 Å². The van der Waals surface area contributed by atoms with Gasteiger partial charge in [-0.25, -0.2) is 8.78 Å². The molecule has 1 unspecified atom stereocenters. The van der Waals surface area contributed by atoms with Crippen LogP contribution in [0.25, 0.3) is 0 Å². The quantitative estimate of drug-likeness (QED) is 0.371.